The van der Waals surface area contributed by atoms with Crippen LogP contribution in [0.2, 0.25) is 5.02 Å². The van der Waals surface area contributed by atoms with Crippen LogP contribution in [0.5, 0.6) is 0 Å². The van der Waals surface area contributed by atoms with Gasteiger partial charge in [-0.05, 0) is 80.2 Å². The molecule has 0 heterocycles. The van der Waals surface area contributed by atoms with E-state index in [2.05, 4.69) is 19.1 Å². The SMILES string of the molecule is CCC(CCCN)c1cc2c(cc1Cl)CCCC2. The highest BCUT2D eigenvalue weighted by Gasteiger charge is 2.17. The molecule has 0 saturated heterocycles. The Hall–Kier alpha value is -0.530. The van der Waals surface area contributed by atoms with Gasteiger partial charge in [0.1, 0.15) is 0 Å². The number of aryl methyl sites for hydroxylation is 2. The van der Waals surface area contributed by atoms with Gasteiger partial charge in [0.05, 0.1) is 0 Å². The predicted octanol–water partition coefficient (Wildman–Crippen LogP) is 4.45. The van der Waals surface area contributed by atoms with Crippen molar-refractivity contribution in [1.29, 1.82) is 0 Å². The van der Waals surface area contributed by atoms with E-state index < -0.39 is 0 Å². The number of hydrogen-bond acceptors (Lipinski definition) is 1. The van der Waals surface area contributed by atoms with Gasteiger partial charge in [0.2, 0.25) is 0 Å². The first-order valence-electron chi connectivity index (χ1n) is 7.27. The van der Waals surface area contributed by atoms with Crippen LogP contribution < -0.4 is 5.73 Å². The summed E-state index contributed by atoms with van der Waals surface area (Å²) in [6.07, 6.45) is 8.47. The maximum atomic E-state index is 6.48. The summed E-state index contributed by atoms with van der Waals surface area (Å²) in [5.74, 6) is 0.577. The van der Waals surface area contributed by atoms with Crippen molar-refractivity contribution in [3.8, 4) is 0 Å². The standard InChI is InChI=1S/C16H24ClN/c1-2-12(8-5-9-18)15-10-13-6-3-4-7-14(13)11-16(15)17/h10-12H,2-9,18H2,1H3. The average Bonchev–Trinajstić information content (AvgIpc) is 2.40. The molecule has 0 radical (unpaired) electrons. The van der Waals surface area contributed by atoms with Crippen molar-refractivity contribution >= 4 is 11.6 Å². The number of benzene rings is 1. The molecule has 1 unspecified atom stereocenters. The molecule has 1 aromatic carbocycles. The van der Waals surface area contributed by atoms with E-state index in [1.54, 1.807) is 0 Å². The molecule has 18 heavy (non-hydrogen) atoms. The first-order chi connectivity index (χ1) is 8.76. The van der Waals surface area contributed by atoms with Gasteiger partial charge in [-0.15, -0.1) is 0 Å². The van der Waals surface area contributed by atoms with Crippen LogP contribution in [-0.4, -0.2) is 6.54 Å². The van der Waals surface area contributed by atoms with E-state index in [1.165, 1.54) is 42.4 Å². The van der Waals surface area contributed by atoms with Crippen molar-refractivity contribution in [3.63, 3.8) is 0 Å². The Bertz CT molecular complexity index is 400. The van der Waals surface area contributed by atoms with Gasteiger partial charge in [0.15, 0.2) is 0 Å². The first kappa shape index (κ1) is 13.9. The van der Waals surface area contributed by atoms with E-state index in [1.807, 2.05) is 0 Å². The van der Waals surface area contributed by atoms with E-state index >= 15 is 0 Å². The van der Waals surface area contributed by atoms with Crippen molar-refractivity contribution in [2.75, 3.05) is 6.54 Å². The second kappa shape index (κ2) is 6.58. The molecule has 0 fully saturated rings. The fourth-order valence-electron chi connectivity index (χ4n) is 3.03. The summed E-state index contributed by atoms with van der Waals surface area (Å²) in [6, 6.07) is 4.60. The molecule has 0 spiro atoms. The summed E-state index contributed by atoms with van der Waals surface area (Å²) < 4.78 is 0. The van der Waals surface area contributed by atoms with Crippen molar-refractivity contribution < 1.29 is 0 Å². The number of fused-ring (bicyclic) bond motifs is 1. The van der Waals surface area contributed by atoms with E-state index in [9.17, 15) is 0 Å². The molecular formula is C16H24ClN. The largest absolute Gasteiger partial charge is 0.330 e. The number of nitrogens with two attached hydrogens (primary N) is 1. The molecule has 0 saturated carbocycles. The minimum absolute atomic E-state index is 0.577. The van der Waals surface area contributed by atoms with Crippen LogP contribution in [0.4, 0.5) is 0 Å². The van der Waals surface area contributed by atoms with Gasteiger partial charge < -0.3 is 5.73 Å². The van der Waals surface area contributed by atoms with Crippen LogP contribution in [-0.2, 0) is 12.8 Å². The van der Waals surface area contributed by atoms with E-state index in [4.69, 9.17) is 17.3 Å². The second-order valence-electron chi connectivity index (χ2n) is 5.39. The normalized spacial score (nSPS) is 16.4. The lowest BCUT2D eigenvalue weighted by atomic mass is 9.85. The van der Waals surface area contributed by atoms with Crippen LogP contribution in [0.1, 0.15) is 61.6 Å². The monoisotopic (exact) mass is 265 g/mol. The van der Waals surface area contributed by atoms with Crippen LogP contribution >= 0.6 is 11.6 Å². The number of rotatable bonds is 5. The zero-order valence-corrected chi connectivity index (χ0v) is 12.1. The van der Waals surface area contributed by atoms with E-state index in [-0.39, 0.29) is 0 Å². The summed E-state index contributed by atoms with van der Waals surface area (Å²) in [7, 11) is 0. The summed E-state index contributed by atoms with van der Waals surface area (Å²) in [5.41, 5.74) is 9.99. The Morgan fingerprint density at radius 2 is 1.89 bits per heavy atom. The van der Waals surface area contributed by atoms with Gasteiger partial charge in [-0.25, -0.2) is 0 Å². The molecule has 1 aromatic rings. The molecule has 1 atom stereocenters. The van der Waals surface area contributed by atoms with Gasteiger partial charge in [-0.1, -0.05) is 24.6 Å². The van der Waals surface area contributed by atoms with Crippen LogP contribution in [0, 0.1) is 0 Å². The van der Waals surface area contributed by atoms with Crippen molar-refractivity contribution in [1.82, 2.24) is 0 Å². The molecule has 0 aromatic heterocycles. The van der Waals surface area contributed by atoms with Crippen molar-refractivity contribution in [3.05, 3.63) is 33.8 Å². The highest BCUT2D eigenvalue weighted by Crippen LogP contribution is 2.35. The van der Waals surface area contributed by atoms with Gasteiger partial charge in [0, 0.05) is 5.02 Å². The summed E-state index contributed by atoms with van der Waals surface area (Å²) in [4.78, 5) is 0. The molecule has 100 valence electrons. The third kappa shape index (κ3) is 3.07. The Kier molecular flexibility index (Phi) is 5.08. The fraction of sp³-hybridized carbons (Fsp3) is 0.625. The second-order valence-corrected chi connectivity index (χ2v) is 5.79. The molecule has 1 aliphatic carbocycles. The highest BCUT2D eigenvalue weighted by atomic mass is 35.5. The summed E-state index contributed by atoms with van der Waals surface area (Å²) >= 11 is 6.48. The minimum Gasteiger partial charge on any atom is -0.330 e. The maximum Gasteiger partial charge on any atom is 0.0443 e. The lowest BCUT2D eigenvalue weighted by molar-refractivity contribution is 0.579. The van der Waals surface area contributed by atoms with Gasteiger partial charge in [0.25, 0.3) is 0 Å². The van der Waals surface area contributed by atoms with Crippen molar-refractivity contribution in [2.24, 2.45) is 5.73 Å². The molecule has 1 aliphatic rings. The fourth-order valence-corrected chi connectivity index (χ4v) is 3.37. The molecule has 0 aliphatic heterocycles. The van der Waals surface area contributed by atoms with Gasteiger partial charge >= 0.3 is 0 Å². The maximum absolute atomic E-state index is 6.48. The quantitative estimate of drug-likeness (QED) is 0.836. The number of halogens is 1. The molecule has 0 amide bonds. The Labute approximate surface area is 116 Å². The Morgan fingerprint density at radius 3 is 2.50 bits per heavy atom. The van der Waals surface area contributed by atoms with Crippen LogP contribution in [0.3, 0.4) is 0 Å². The lowest BCUT2D eigenvalue weighted by Crippen LogP contribution is -2.08. The average molecular weight is 266 g/mol. The smallest absolute Gasteiger partial charge is 0.0443 e. The van der Waals surface area contributed by atoms with E-state index in [0.717, 1.165) is 30.8 Å². The molecule has 2 rings (SSSR count). The summed E-state index contributed by atoms with van der Waals surface area (Å²) in [5, 5.41) is 0.972. The zero-order valence-electron chi connectivity index (χ0n) is 11.3. The van der Waals surface area contributed by atoms with Crippen LogP contribution in [0.25, 0.3) is 0 Å². The molecular weight excluding hydrogens is 242 g/mol. The molecule has 2 heteroatoms. The van der Waals surface area contributed by atoms with E-state index in [0.29, 0.717) is 5.92 Å². The highest BCUT2D eigenvalue weighted by molar-refractivity contribution is 6.31. The predicted molar refractivity (Wildman–Crippen MR) is 79.4 cm³/mol. The Balaban J connectivity index is 2.25. The van der Waals surface area contributed by atoms with Crippen molar-refractivity contribution in [2.45, 2.75) is 57.8 Å². The number of hydrogen-bond donors (Lipinski definition) is 1. The lowest BCUT2D eigenvalue weighted by Gasteiger charge is -2.22. The topological polar surface area (TPSA) is 26.0 Å². The zero-order chi connectivity index (χ0) is 13.0. The first-order valence-corrected chi connectivity index (χ1v) is 7.65. The molecule has 2 N–H and O–H groups in total. The third-order valence-electron chi connectivity index (χ3n) is 4.15. The van der Waals surface area contributed by atoms with Gasteiger partial charge in [-0.2, -0.15) is 0 Å². The van der Waals surface area contributed by atoms with Gasteiger partial charge in [-0.3, -0.25) is 0 Å². The molecule has 0 bridgehead atoms. The summed E-state index contributed by atoms with van der Waals surface area (Å²) in [6.45, 7) is 3.02. The third-order valence-corrected chi connectivity index (χ3v) is 4.48. The van der Waals surface area contributed by atoms with Crippen LogP contribution in [0.15, 0.2) is 12.1 Å². The molecule has 1 nitrogen and oxygen atoms in total. The minimum atomic E-state index is 0.577. The Morgan fingerprint density at radius 1 is 1.22 bits per heavy atom.